The highest BCUT2D eigenvalue weighted by Gasteiger charge is 1.99. The smallest absolute Gasteiger partial charge is 0.407 e. The molecule has 0 saturated carbocycles. The van der Waals surface area contributed by atoms with E-state index < -0.39 is 18.6 Å². The fourth-order valence-corrected chi connectivity index (χ4v) is 0.220. The maximum absolute atomic E-state index is 10.1. The van der Waals surface area contributed by atoms with E-state index in [1.807, 2.05) is 5.32 Å². The molecule has 0 aromatic heterocycles. The van der Waals surface area contributed by atoms with Crippen molar-refractivity contribution in [3.8, 4) is 0 Å². The predicted molar refractivity (Wildman–Crippen MR) is 44.0 cm³/mol. The van der Waals surface area contributed by atoms with Gasteiger partial charge in [-0.15, -0.1) is 0 Å². The minimum atomic E-state index is -1.10. The minimum Gasteiger partial charge on any atom is -0.480 e. The Morgan fingerprint density at radius 3 is 2.08 bits per heavy atom. The Morgan fingerprint density at radius 1 is 1.42 bits per heavy atom. The summed E-state index contributed by atoms with van der Waals surface area (Å²) in [5.41, 5.74) is 0. The van der Waals surface area contributed by atoms with Crippen molar-refractivity contribution in [2.24, 2.45) is 0 Å². The molecule has 2 N–H and O–H groups in total. The molecule has 0 aliphatic heterocycles. The van der Waals surface area contributed by atoms with E-state index in [0.717, 1.165) is 7.11 Å². The molecule has 0 saturated heterocycles. The van der Waals surface area contributed by atoms with Crippen LogP contribution < -0.4 is 5.32 Å². The van der Waals surface area contributed by atoms with Crippen molar-refractivity contribution in [2.75, 3.05) is 13.7 Å². The monoisotopic (exact) mass is 177 g/mol. The lowest BCUT2D eigenvalue weighted by Crippen LogP contribution is -2.28. The van der Waals surface area contributed by atoms with E-state index in [-0.39, 0.29) is 0 Å². The largest absolute Gasteiger partial charge is 0.480 e. The second kappa shape index (κ2) is 9.74. The quantitative estimate of drug-likeness (QED) is 0.655. The Labute approximate surface area is 71.7 Å². The van der Waals surface area contributed by atoms with Crippen LogP contribution in [0.3, 0.4) is 0 Å². The molecule has 5 nitrogen and oxygen atoms in total. The number of aliphatic carboxylic acids is 1. The summed E-state index contributed by atoms with van der Waals surface area (Å²) in [5, 5.41) is 9.96. The first-order valence-electron chi connectivity index (χ1n) is 3.62. The number of carboxylic acids is 1. The van der Waals surface area contributed by atoms with Crippen LogP contribution in [0.2, 0.25) is 0 Å². The zero-order valence-electron chi connectivity index (χ0n) is 7.59. The molecule has 12 heavy (non-hydrogen) atoms. The summed E-state index contributed by atoms with van der Waals surface area (Å²) in [6.45, 7) is 3.84. The van der Waals surface area contributed by atoms with Gasteiger partial charge in [-0.05, 0) is 0 Å². The van der Waals surface area contributed by atoms with Gasteiger partial charge in [0.15, 0.2) is 0 Å². The van der Waals surface area contributed by atoms with E-state index in [2.05, 4.69) is 18.6 Å². The Balaban J connectivity index is 0. The number of carboxylic acid groups (broad SMARTS) is 1. The van der Waals surface area contributed by atoms with Crippen LogP contribution in [-0.4, -0.2) is 30.8 Å². The van der Waals surface area contributed by atoms with Gasteiger partial charge in [0.2, 0.25) is 0 Å². The highest BCUT2D eigenvalue weighted by molar-refractivity contribution is 5.76. The minimum absolute atomic E-state index is 0.410. The molecule has 1 amide bonds. The van der Waals surface area contributed by atoms with Crippen LogP contribution in [0, 0.1) is 0 Å². The SMILES string of the molecule is CCC.COC(=O)NCC(=O)O. The third-order valence-corrected chi connectivity index (χ3v) is 0.569. The normalized spacial score (nSPS) is 7.58. The van der Waals surface area contributed by atoms with Gasteiger partial charge in [0.1, 0.15) is 6.54 Å². The number of amides is 1. The number of hydrogen-bond acceptors (Lipinski definition) is 3. The van der Waals surface area contributed by atoms with Crippen molar-refractivity contribution in [3.63, 3.8) is 0 Å². The number of alkyl carbamates (subject to hydrolysis) is 1. The Kier molecular flexibility index (Phi) is 10.8. The van der Waals surface area contributed by atoms with Crippen molar-refractivity contribution >= 4 is 12.1 Å². The molecule has 0 bridgehead atoms. The molecule has 0 radical (unpaired) electrons. The second-order valence-corrected chi connectivity index (χ2v) is 1.95. The third-order valence-electron chi connectivity index (χ3n) is 0.569. The topological polar surface area (TPSA) is 75.6 Å². The number of rotatable bonds is 2. The number of carbonyl (C=O) groups is 2. The third kappa shape index (κ3) is 15.9. The van der Waals surface area contributed by atoms with Gasteiger partial charge in [-0.2, -0.15) is 0 Å². The van der Waals surface area contributed by atoms with Crippen molar-refractivity contribution < 1.29 is 19.4 Å². The lowest BCUT2D eigenvalue weighted by molar-refractivity contribution is -0.135. The molecule has 0 aromatic carbocycles. The molecule has 0 atom stereocenters. The first-order chi connectivity index (χ1) is 5.58. The lowest BCUT2D eigenvalue weighted by Gasteiger charge is -1.96. The summed E-state index contributed by atoms with van der Waals surface area (Å²) in [6.07, 6.45) is 0.511. The molecule has 0 unspecified atom stereocenters. The molecule has 0 spiro atoms. The lowest BCUT2D eigenvalue weighted by atomic mass is 10.6. The molecule has 0 heterocycles. The summed E-state index contributed by atoms with van der Waals surface area (Å²) in [7, 11) is 1.16. The van der Waals surface area contributed by atoms with Gasteiger partial charge in [0.05, 0.1) is 7.11 Å². The predicted octanol–water partition coefficient (Wildman–Crippen LogP) is 0.843. The molecule has 0 aromatic rings. The fourth-order valence-electron chi connectivity index (χ4n) is 0.220. The van der Waals surface area contributed by atoms with Crippen LogP contribution in [0.15, 0.2) is 0 Å². The molecule has 0 aliphatic carbocycles. The van der Waals surface area contributed by atoms with Gasteiger partial charge < -0.3 is 15.2 Å². The van der Waals surface area contributed by atoms with Crippen molar-refractivity contribution in [3.05, 3.63) is 0 Å². The van der Waals surface area contributed by atoms with Gasteiger partial charge in [0, 0.05) is 0 Å². The van der Waals surface area contributed by atoms with E-state index >= 15 is 0 Å². The Bertz CT molecular complexity index is 135. The van der Waals surface area contributed by atoms with Crippen LogP contribution in [0.25, 0.3) is 0 Å². The van der Waals surface area contributed by atoms with E-state index in [0.29, 0.717) is 0 Å². The van der Waals surface area contributed by atoms with E-state index in [1.165, 1.54) is 6.42 Å². The summed E-state index contributed by atoms with van der Waals surface area (Å²) in [4.78, 5) is 19.9. The number of methoxy groups -OCH3 is 1. The molecule has 5 heteroatoms. The molecule has 0 fully saturated rings. The van der Waals surface area contributed by atoms with Crippen LogP contribution >= 0.6 is 0 Å². The summed E-state index contributed by atoms with van der Waals surface area (Å²) in [6, 6.07) is 0. The highest BCUT2D eigenvalue weighted by Crippen LogP contribution is 1.68. The van der Waals surface area contributed by atoms with Gasteiger partial charge in [-0.1, -0.05) is 20.3 Å². The zero-order valence-corrected chi connectivity index (χ0v) is 7.59. The van der Waals surface area contributed by atoms with Gasteiger partial charge in [0.25, 0.3) is 0 Å². The van der Waals surface area contributed by atoms with Gasteiger partial charge in [-0.25, -0.2) is 4.79 Å². The maximum Gasteiger partial charge on any atom is 0.407 e. The van der Waals surface area contributed by atoms with Crippen LogP contribution in [0.4, 0.5) is 4.79 Å². The first kappa shape index (κ1) is 13.3. The van der Waals surface area contributed by atoms with Crippen LogP contribution in [0.5, 0.6) is 0 Å². The van der Waals surface area contributed by atoms with Gasteiger partial charge >= 0.3 is 12.1 Å². The molecule has 72 valence electrons. The Hall–Kier alpha value is -1.26. The first-order valence-corrected chi connectivity index (χ1v) is 3.62. The van der Waals surface area contributed by atoms with E-state index in [9.17, 15) is 9.59 Å². The average molecular weight is 177 g/mol. The molecular weight excluding hydrogens is 162 g/mol. The molecule has 0 rings (SSSR count). The molecule has 0 aliphatic rings. The van der Waals surface area contributed by atoms with E-state index in [4.69, 9.17) is 5.11 Å². The zero-order chi connectivity index (χ0) is 9.98. The average Bonchev–Trinajstić information content (AvgIpc) is 2.01. The van der Waals surface area contributed by atoms with Crippen molar-refractivity contribution in [1.29, 1.82) is 0 Å². The Morgan fingerprint density at radius 2 is 1.83 bits per heavy atom. The fraction of sp³-hybridized carbons (Fsp3) is 0.714. The number of ether oxygens (including phenoxy) is 1. The molecular formula is C7H15NO4. The number of hydrogen-bond donors (Lipinski definition) is 2. The standard InChI is InChI=1S/C4H7NO4.C3H8/c1-9-4(8)5-2-3(6)7;1-3-2/h2H2,1H3,(H,5,8)(H,6,7);3H2,1-2H3. The van der Waals surface area contributed by atoms with Crippen LogP contribution in [-0.2, 0) is 9.53 Å². The van der Waals surface area contributed by atoms with Crippen LogP contribution in [0.1, 0.15) is 20.3 Å². The number of carbonyl (C=O) groups excluding carboxylic acids is 1. The van der Waals surface area contributed by atoms with Gasteiger partial charge in [-0.3, -0.25) is 4.79 Å². The second-order valence-electron chi connectivity index (χ2n) is 1.95. The maximum atomic E-state index is 10.1. The summed E-state index contributed by atoms with van der Waals surface area (Å²) in [5.74, 6) is -1.10. The van der Waals surface area contributed by atoms with Crippen molar-refractivity contribution in [1.82, 2.24) is 5.32 Å². The highest BCUT2D eigenvalue weighted by atomic mass is 16.5. The number of nitrogens with one attached hydrogen (secondary N) is 1. The van der Waals surface area contributed by atoms with Crippen molar-refractivity contribution in [2.45, 2.75) is 20.3 Å². The van der Waals surface area contributed by atoms with E-state index in [1.54, 1.807) is 0 Å². The summed E-state index contributed by atoms with van der Waals surface area (Å²) < 4.78 is 4.09. The summed E-state index contributed by atoms with van der Waals surface area (Å²) >= 11 is 0.